The maximum Gasteiger partial charge on any atom is 0.251 e. The maximum atomic E-state index is 13.0. The van der Waals surface area contributed by atoms with Gasteiger partial charge >= 0.3 is 0 Å². The van der Waals surface area contributed by atoms with Crippen LogP contribution < -0.4 is 16.0 Å². The van der Waals surface area contributed by atoms with Crippen LogP contribution in [0.4, 0.5) is 4.39 Å². The molecule has 3 amide bonds. The van der Waals surface area contributed by atoms with Gasteiger partial charge in [0.2, 0.25) is 11.8 Å². The summed E-state index contributed by atoms with van der Waals surface area (Å²) < 4.78 is 13.0. The van der Waals surface area contributed by atoms with Crippen LogP contribution >= 0.6 is 0 Å². The van der Waals surface area contributed by atoms with Gasteiger partial charge in [0.05, 0.1) is 6.04 Å². The molecule has 2 heterocycles. The number of piperazine rings is 1. The van der Waals surface area contributed by atoms with Gasteiger partial charge in [0.15, 0.2) is 0 Å². The van der Waals surface area contributed by atoms with Crippen molar-refractivity contribution in [3.63, 3.8) is 0 Å². The largest absolute Gasteiger partial charge is 0.353 e. The summed E-state index contributed by atoms with van der Waals surface area (Å²) in [5.74, 6) is -0.570. The van der Waals surface area contributed by atoms with Gasteiger partial charge in [-0.3, -0.25) is 19.3 Å². The van der Waals surface area contributed by atoms with Crippen LogP contribution in [0.25, 0.3) is 0 Å². The zero-order valence-corrected chi connectivity index (χ0v) is 17.7. The first-order valence-corrected chi connectivity index (χ1v) is 10.9. The lowest BCUT2D eigenvalue weighted by atomic mass is 10.0. The lowest BCUT2D eigenvalue weighted by Crippen LogP contribution is -2.58. The lowest BCUT2D eigenvalue weighted by Gasteiger charge is -2.37. The molecule has 4 rings (SSSR count). The monoisotopic (exact) mass is 438 g/mol. The molecule has 2 aliphatic rings. The molecule has 32 heavy (non-hydrogen) atoms. The van der Waals surface area contributed by atoms with Crippen molar-refractivity contribution in [2.75, 3.05) is 13.1 Å². The highest BCUT2D eigenvalue weighted by atomic mass is 19.1. The van der Waals surface area contributed by atoms with E-state index in [9.17, 15) is 18.8 Å². The average Bonchev–Trinajstić information content (AvgIpc) is 3.23. The number of rotatable bonds is 7. The number of benzene rings is 2. The normalized spacial score (nSPS) is 22.7. The Morgan fingerprint density at radius 1 is 1.09 bits per heavy atom. The number of fused-ring (bicyclic) bond motifs is 1. The molecule has 8 heteroatoms. The Morgan fingerprint density at radius 2 is 1.84 bits per heavy atom. The zero-order valence-electron chi connectivity index (χ0n) is 17.7. The Hall–Kier alpha value is -3.26. The van der Waals surface area contributed by atoms with E-state index < -0.39 is 0 Å². The van der Waals surface area contributed by atoms with Crippen molar-refractivity contribution in [3.05, 3.63) is 71.5 Å². The molecule has 3 atom stereocenters. The second kappa shape index (κ2) is 9.91. The summed E-state index contributed by atoms with van der Waals surface area (Å²) in [5, 5.41) is 8.82. The highest BCUT2D eigenvalue weighted by Crippen LogP contribution is 2.26. The number of amides is 3. The van der Waals surface area contributed by atoms with Gasteiger partial charge in [-0.05, 0) is 42.7 Å². The molecule has 2 aromatic rings. The quantitative estimate of drug-likeness (QED) is 0.613. The third-order valence-electron chi connectivity index (χ3n) is 6.10. The van der Waals surface area contributed by atoms with Gasteiger partial charge in [0.1, 0.15) is 5.82 Å². The van der Waals surface area contributed by atoms with Crippen LogP contribution in [0.2, 0.25) is 0 Å². The number of nitrogens with zero attached hydrogens (tertiary/aromatic N) is 1. The molecule has 3 N–H and O–H groups in total. The van der Waals surface area contributed by atoms with Crippen LogP contribution in [0.1, 0.15) is 35.2 Å². The fraction of sp³-hybridized carbons (Fsp3) is 0.375. The van der Waals surface area contributed by atoms with Crippen molar-refractivity contribution < 1.29 is 18.8 Å². The number of hydrogen-bond donors (Lipinski definition) is 3. The molecule has 2 saturated heterocycles. The van der Waals surface area contributed by atoms with Crippen molar-refractivity contribution in [3.8, 4) is 0 Å². The minimum atomic E-state index is -0.308. The summed E-state index contributed by atoms with van der Waals surface area (Å²) >= 11 is 0. The van der Waals surface area contributed by atoms with Gasteiger partial charge < -0.3 is 16.0 Å². The summed E-state index contributed by atoms with van der Waals surface area (Å²) in [6, 6.07) is 14.7. The van der Waals surface area contributed by atoms with Crippen molar-refractivity contribution in [2.45, 2.75) is 43.9 Å². The Kier molecular flexibility index (Phi) is 6.80. The van der Waals surface area contributed by atoms with E-state index in [1.165, 1.54) is 12.1 Å². The van der Waals surface area contributed by atoms with Crippen LogP contribution in [0.3, 0.4) is 0 Å². The van der Waals surface area contributed by atoms with E-state index in [4.69, 9.17) is 0 Å². The number of halogens is 1. The fourth-order valence-corrected chi connectivity index (χ4v) is 4.40. The van der Waals surface area contributed by atoms with E-state index >= 15 is 0 Å². The second-order valence-corrected chi connectivity index (χ2v) is 8.33. The van der Waals surface area contributed by atoms with Gasteiger partial charge in [-0.1, -0.05) is 30.3 Å². The molecule has 0 bridgehead atoms. The van der Waals surface area contributed by atoms with Crippen molar-refractivity contribution in [2.24, 2.45) is 0 Å². The SMILES string of the molecule is O=C(CC[C@@H]1CNC(=O)[C@@H]2C[C@H](NC(=O)c3ccccc3)CN12)NCc1ccc(F)cc1. The summed E-state index contributed by atoms with van der Waals surface area (Å²) in [4.78, 5) is 39.3. The van der Waals surface area contributed by atoms with E-state index in [0.29, 0.717) is 44.5 Å². The Balaban J connectivity index is 1.28. The number of carbonyl (C=O) groups is 3. The summed E-state index contributed by atoms with van der Waals surface area (Å²) in [6.45, 7) is 1.42. The number of carbonyl (C=O) groups excluding carboxylic acids is 3. The lowest BCUT2D eigenvalue weighted by molar-refractivity contribution is -0.129. The molecule has 0 aromatic heterocycles. The van der Waals surface area contributed by atoms with E-state index in [0.717, 1.165) is 5.56 Å². The van der Waals surface area contributed by atoms with Gasteiger partial charge in [-0.25, -0.2) is 4.39 Å². The fourth-order valence-electron chi connectivity index (χ4n) is 4.40. The Morgan fingerprint density at radius 3 is 2.59 bits per heavy atom. The summed E-state index contributed by atoms with van der Waals surface area (Å²) in [6.07, 6.45) is 1.48. The molecule has 0 unspecified atom stereocenters. The standard InChI is InChI=1S/C24H27FN4O3/c25-18-8-6-16(7-9-18)13-26-22(30)11-10-20-14-27-24(32)21-12-19(15-29(20)21)28-23(31)17-4-2-1-3-5-17/h1-9,19-21H,10-15H2,(H,26,30)(H,27,32)(H,28,31)/t19-,20+,21-/m0/s1. The minimum absolute atomic E-state index is 0.0292. The van der Waals surface area contributed by atoms with Crippen molar-refractivity contribution >= 4 is 17.7 Å². The molecular formula is C24H27FN4O3. The molecule has 0 radical (unpaired) electrons. The Bertz CT molecular complexity index is 967. The third kappa shape index (κ3) is 5.31. The average molecular weight is 439 g/mol. The first-order valence-electron chi connectivity index (χ1n) is 10.9. The van der Waals surface area contributed by atoms with Crippen LogP contribution in [0, 0.1) is 5.82 Å². The van der Waals surface area contributed by atoms with E-state index in [1.807, 2.05) is 18.2 Å². The number of nitrogens with one attached hydrogen (secondary N) is 3. The van der Waals surface area contributed by atoms with E-state index in [-0.39, 0.29) is 41.7 Å². The van der Waals surface area contributed by atoms with Crippen LogP contribution in [0.5, 0.6) is 0 Å². The minimum Gasteiger partial charge on any atom is -0.353 e. The van der Waals surface area contributed by atoms with Gasteiger partial charge in [0.25, 0.3) is 5.91 Å². The second-order valence-electron chi connectivity index (χ2n) is 8.33. The number of hydrogen-bond acceptors (Lipinski definition) is 4. The molecule has 7 nitrogen and oxygen atoms in total. The van der Waals surface area contributed by atoms with Gasteiger partial charge in [-0.15, -0.1) is 0 Å². The molecule has 2 fully saturated rings. The van der Waals surface area contributed by atoms with Crippen molar-refractivity contribution in [1.29, 1.82) is 0 Å². The predicted molar refractivity (Wildman–Crippen MR) is 117 cm³/mol. The van der Waals surface area contributed by atoms with E-state index in [1.54, 1.807) is 24.3 Å². The third-order valence-corrected chi connectivity index (χ3v) is 6.10. The van der Waals surface area contributed by atoms with Crippen LogP contribution in [-0.2, 0) is 16.1 Å². The maximum absolute atomic E-state index is 13.0. The van der Waals surface area contributed by atoms with Crippen LogP contribution in [-0.4, -0.2) is 53.8 Å². The smallest absolute Gasteiger partial charge is 0.251 e. The topological polar surface area (TPSA) is 90.5 Å². The van der Waals surface area contributed by atoms with Gasteiger partial charge in [-0.2, -0.15) is 0 Å². The molecule has 0 spiro atoms. The summed E-state index contributed by atoms with van der Waals surface area (Å²) in [7, 11) is 0. The molecule has 0 saturated carbocycles. The first kappa shape index (κ1) is 22.0. The molecule has 2 aromatic carbocycles. The highest BCUT2D eigenvalue weighted by Gasteiger charge is 2.43. The predicted octanol–water partition coefficient (Wildman–Crippen LogP) is 1.59. The van der Waals surface area contributed by atoms with Crippen LogP contribution in [0.15, 0.2) is 54.6 Å². The van der Waals surface area contributed by atoms with Gasteiger partial charge in [0, 0.05) is 43.7 Å². The van der Waals surface area contributed by atoms with Crippen molar-refractivity contribution in [1.82, 2.24) is 20.9 Å². The highest BCUT2D eigenvalue weighted by molar-refractivity contribution is 5.94. The molecule has 0 aliphatic carbocycles. The van der Waals surface area contributed by atoms with E-state index in [2.05, 4.69) is 20.9 Å². The zero-order chi connectivity index (χ0) is 22.5. The summed E-state index contributed by atoms with van der Waals surface area (Å²) in [5.41, 5.74) is 1.43. The first-order chi connectivity index (χ1) is 15.5. The molecule has 168 valence electrons. The Labute approximate surface area is 186 Å². The molecular weight excluding hydrogens is 411 g/mol. The molecule has 2 aliphatic heterocycles.